The molecule has 0 rings (SSSR count). The van der Waals surface area contributed by atoms with E-state index in [9.17, 15) is 0 Å². The summed E-state index contributed by atoms with van der Waals surface area (Å²) in [5, 5.41) is 0. The van der Waals surface area contributed by atoms with Gasteiger partial charge >= 0.3 is 30.1 Å². The number of rotatable bonds is 0. The molecule has 0 aliphatic carbocycles. The molecule has 1 nitrogen and oxygen atoms in total. The molecule has 0 aromatic heterocycles. The maximum atomic E-state index is 7.52. The first-order chi connectivity index (χ1) is 1.41. The summed E-state index contributed by atoms with van der Waals surface area (Å²) in [6.45, 7) is 0. The average Bonchev–Trinajstić information content (AvgIpc) is 0.918. The predicted molar refractivity (Wildman–Crippen MR) is 18.0 cm³/mol. The summed E-state index contributed by atoms with van der Waals surface area (Å²) in [6, 6.07) is 0. The third-order valence-corrected chi connectivity index (χ3v) is 0. The summed E-state index contributed by atoms with van der Waals surface area (Å²) in [5.74, 6) is 0. The first-order valence-electron chi connectivity index (χ1n) is 0.583. The van der Waals surface area contributed by atoms with Crippen molar-refractivity contribution in [3.63, 3.8) is 0 Å². The van der Waals surface area contributed by atoms with Gasteiger partial charge in [0.05, 0.1) is 0 Å². The van der Waals surface area contributed by atoms with Gasteiger partial charge in [0, 0.05) is 0 Å². The van der Waals surface area contributed by atoms with E-state index in [4.69, 9.17) is 13.6 Å². The van der Waals surface area contributed by atoms with Crippen molar-refractivity contribution in [1.82, 2.24) is 0 Å². The van der Waals surface area contributed by atoms with E-state index in [2.05, 4.69) is 0 Å². The fraction of sp³-hybridized carbons (Fsp3) is 0. The number of hydrogen-bond acceptors (Lipinski definition) is 1. The van der Waals surface area contributed by atoms with Crippen LogP contribution in [0.4, 0.5) is 0 Å². The van der Waals surface area contributed by atoms with Gasteiger partial charge in [0.25, 0.3) is 0 Å². The second-order valence-corrected chi connectivity index (χ2v) is 1.86. The minimum absolute atomic E-state index is 0. The second-order valence-electron chi connectivity index (χ2n) is 0.120. The molecule has 0 atom stereocenters. The molecule has 0 aliphatic rings. The van der Waals surface area contributed by atoms with Gasteiger partial charge in [-0.05, 0) is 0 Å². The van der Waals surface area contributed by atoms with Crippen molar-refractivity contribution in [3.05, 3.63) is 0 Å². The zero-order valence-corrected chi connectivity index (χ0v) is 5.26. The Labute approximate surface area is 47.5 Å². The minimum atomic E-state index is -1.40. The Morgan fingerprint density at radius 2 is 1.75 bits per heavy atom. The fourth-order valence-electron chi connectivity index (χ4n) is 0. The predicted octanol–water partition coefficient (Wildman–Crippen LogP) is -1.05. The van der Waals surface area contributed by atoms with Gasteiger partial charge in [-0.15, -0.1) is 0 Å². The summed E-state index contributed by atoms with van der Waals surface area (Å²) in [6.07, 6.45) is 0. The van der Waals surface area contributed by atoms with Crippen molar-refractivity contribution in [2.24, 2.45) is 0 Å². The molecule has 1 N–H and O–H groups in total. The molecule has 0 bridgehead atoms. The van der Waals surface area contributed by atoms with Gasteiger partial charge in [-0.1, -0.05) is 0 Å². The van der Waals surface area contributed by atoms with Gasteiger partial charge in [0.2, 0.25) is 0 Å². The Balaban J connectivity index is 0. The van der Waals surface area contributed by atoms with Crippen LogP contribution in [-0.4, -0.2) is 21.3 Å². The van der Waals surface area contributed by atoms with E-state index in [0.717, 1.165) is 0 Å². The molecule has 0 saturated heterocycles. The molecule has 0 radical (unpaired) electrons. The van der Waals surface area contributed by atoms with Gasteiger partial charge in [-0.2, -0.15) is 0 Å². The van der Waals surface area contributed by atoms with Crippen molar-refractivity contribution >= 4 is 27.1 Å². The van der Waals surface area contributed by atoms with Gasteiger partial charge in [-0.3, -0.25) is 0 Å². The van der Waals surface area contributed by atoms with Crippen LogP contribution in [0.3, 0.4) is 0 Å². The molecule has 22 valence electrons. The monoisotopic (exact) mass is 146 g/mol. The summed E-state index contributed by atoms with van der Waals surface area (Å²) in [4.78, 5) is 0. The Kier molecular flexibility index (Phi) is 20.0. The van der Waals surface area contributed by atoms with Gasteiger partial charge in [-0.25, -0.2) is 0 Å². The maximum absolute atomic E-state index is 7.52. The van der Waals surface area contributed by atoms with Crippen molar-refractivity contribution in [1.29, 1.82) is 0 Å². The van der Waals surface area contributed by atoms with Crippen molar-refractivity contribution in [2.75, 3.05) is 0 Å². The molecular weight excluding hydrogens is 144 g/mol. The molecule has 0 aromatic carbocycles. The Bertz CT molecular complexity index is 8.00. The molecule has 4 heteroatoms. The van der Waals surface area contributed by atoms with Gasteiger partial charge < -0.3 is 0 Å². The molecule has 0 heterocycles. The van der Waals surface area contributed by atoms with Gasteiger partial charge in [0.1, 0.15) is 0 Å². The third kappa shape index (κ3) is 9.97. The van der Waals surface area contributed by atoms with E-state index in [0.29, 0.717) is 0 Å². The van der Waals surface area contributed by atoms with Crippen LogP contribution in [0, 0.1) is 0 Å². The fourth-order valence-corrected chi connectivity index (χ4v) is 0. The number of hydrogen-bond donors (Lipinski definition) is 1. The Morgan fingerprint density at radius 3 is 1.75 bits per heavy atom. The molecule has 0 unspecified atom stereocenters. The van der Waals surface area contributed by atoms with Crippen molar-refractivity contribution < 1.29 is 20.4 Å². The van der Waals surface area contributed by atoms with Crippen molar-refractivity contribution in [2.45, 2.75) is 0 Å². The molecule has 0 aliphatic heterocycles. The van der Waals surface area contributed by atoms with Crippen LogP contribution in [0.25, 0.3) is 0 Å². The van der Waals surface area contributed by atoms with Crippen LogP contribution >= 0.6 is 9.69 Å². The molecule has 0 fully saturated rings. The Morgan fingerprint density at radius 1 is 1.75 bits per heavy atom. The first-order valence-corrected chi connectivity index (χ1v) is 5.81. The summed E-state index contributed by atoms with van der Waals surface area (Å²) >= 11 is -1.40. The molecule has 0 amide bonds. The molecular formula is H4AlClOZn. The van der Waals surface area contributed by atoms with E-state index in [-0.39, 0.29) is 17.4 Å². The van der Waals surface area contributed by atoms with E-state index in [1.54, 1.807) is 0 Å². The van der Waals surface area contributed by atoms with Crippen LogP contribution in [0.2, 0.25) is 0 Å². The van der Waals surface area contributed by atoms with Gasteiger partial charge in [0.15, 0.2) is 17.4 Å². The first kappa shape index (κ1) is 9.05. The topological polar surface area (TPSA) is 20.2 Å². The molecule has 4 heavy (non-hydrogen) atoms. The van der Waals surface area contributed by atoms with E-state index < -0.39 is 16.5 Å². The van der Waals surface area contributed by atoms with Crippen LogP contribution in [0.5, 0.6) is 0 Å². The third-order valence-electron chi connectivity index (χ3n) is 0. The average molecular weight is 148 g/mol. The van der Waals surface area contributed by atoms with E-state index in [1.165, 1.54) is 0 Å². The van der Waals surface area contributed by atoms with Crippen LogP contribution < -0.4 is 0 Å². The molecule has 0 spiro atoms. The van der Waals surface area contributed by atoms with Crippen molar-refractivity contribution in [3.8, 4) is 0 Å². The summed E-state index contributed by atoms with van der Waals surface area (Å²) in [5.41, 5.74) is 0. The van der Waals surface area contributed by atoms with Crippen LogP contribution in [-0.2, 0) is 16.5 Å². The zero-order chi connectivity index (χ0) is 2.71. The SMILES string of the molecule is [AlH3].[OH][Zn][Cl]. The normalized spacial score (nSPS) is 2.50. The summed E-state index contributed by atoms with van der Waals surface area (Å²) in [7, 11) is 4.74. The second kappa shape index (κ2) is 8.83. The van der Waals surface area contributed by atoms with E-state index in [1.807, 2.05) is 0 Å². The van der Waals surface area contributed by atoms with Crippen LogP contribution in [0.15, 0.2) is 0 Å². The van der Waals surface area contributed by atoms with E-state index >= 15 is 0 Å². The van der Waals surface area contributed by atoms with Crippen LogP contribution in [0.1, 0.15) is 0 Å². The standard InChI is InChI=1S/Al.ClH.H2O.Zn.3H/h;1H;1H2;;;;/q;;;+2;;;/p-2. The Hall–Kier alpha value is 1.41. The summed E-state index contributed by atoms with van der Waals surface area (Å²) < 4.78 is 7.52. The molecule has 0 aromatic rings. The quantitative estimate of drug-likeness (QED) is 0.434. The number of halogens is 1. The zero-order valence-electron chi connectivity index (χ0n) is 1.53. The molecule has 0 saturated carbocycles.